The van der Waals surface area contributed by atoms with E-state index >= 15 is 0 Å². The first-order valence-electron chi connectivity index (χ1n) is 9.90. The quantitative estimate of drug-likeness (QED) is 0.775. The summed E-state index contributed by atoms with van der Waals surface area (Å²) in [5, 5.41) is 0. The highest BCUT2D eigenvalue weighted by Crippen LogP contribution is 2.40. The van der Waals surface area contributed by atoms with E-state index in [9.17, 15) is 0 Å². The van der Waals surface area contributed by atoms with Crippen LogP contribution >= 0.6 is 0 Å². The van der Waals surface area contributed by atoms with Crippen LogP contribution in [0.1, 0.15) is 38.2 Å². The van der Waals surface area contributed by atoms with E-state index in [-0.39, 0.29) is 0 Å². The highest BCUT2D eigenvalue weighted by Gasteiger charge is 2.27. The summed E-state index contributed by atoms with van der Waals surface area (Å²) in [4.78, 5) is 5.24. The second kappa shape index (κ2) is 8.96. The maximum absolute atomic E-state index is 5.64. The normalized spacial score (nSPS) is 25.1. The first kappa shape index (κ1) is 19.3. The standard InChI is InChI=1S/C21H34N2O3/c1-16-5-8-18(9-6-16)23-13-11-22(12-14-23)15-17-7-10-19(24-2)21(26-4)20(17)25-3/h7,10,16,18H,5-6,8-9,11-15H2,1-4H3. The maximum atomic E-state index is 5.64. The van der Waals surface area contributed by atoms with E-state index in [1.807, 2.05) is 6.07 Å². The van der Waals surface area contributed by atoms with Crippen molar-refractivity contribution in [1.29, 1.82) is 0 Å². The monoisotopic (exact) mass is 362 g/mol. The van der Waals surface area contributed by atoms with E-state index in [4.69, 9.17) is 14.2 Å². The molecule has 1 heterocycles. The lowest BCUT2D eigenvalue weighted by Crippen LogP contribution is -2.50. The van der Waals surface area contributed by atoms with Gasteiger partial charge in [-0.15, -0.1) is 0 Å². The van der Waals surface area contributed by atoms with Crippen molar-refractivity contribution in [3.63, 3.8) is 0 Å². The zero-order chi connectivity index (χ0) is 18.5. The number of ether oxygens (including phenoxy) is 3. The summed E-state index contributed by atoms with van der Waals surface area (Å²) in [5.74, 6) is 3.10. The zero-order valence-corrected chi connectivity index (χ0v) is 16.8. The molecule has 0 atom stereocenters. The SMILES string of the molecule is COc1ccc(CN2CCN(C3CCC(C)CC3)CC2)c(OC)c1OC. The van der Waals surface area contributed by atoms with Gasteiger partial charge >= 0.3 is 0 Å². The largest absolute Gasteiger partial charge is 0.493 e. The number of piperazine rings is 1. The Kier molecular flexibility index (Phi) is 6.65. The highest BCUT2D eigenvalue weighted by atomic mass is 16.5. The van der Waals surface area contributed by atoms with Gasteiger partial charge in [0, 0.05) is 44.3 Å². The van der Waals surface area contributed by atoms with Crippen molar-refractivity contribution in [1.82, 2.24) is 9.80 Å². The molecule has 1 aromatic rings. The van der Waals surface area contributed by atoms with E-state index in [0.29, 0.717) is 11.5 Å². The maximum Gasteiger partial charge on any atom is 0.203 e. The van der Waals surface area contributed by atoms with E-state index in [1.54, 1.807) is 21.3 Å². The van der Waals surface area contributed by atoms with Crippen LogP contribution in [0, 0.1) is 5.92 Å². The second-order valence-corrected chi connectivity index (χ2v) is 7.72. The molecule has 0 spiro atoms. The van der Waals surface area contributed by atoms with Crippen LogP contribution in [0.2, 0.25) is 0 Å². The van der Waals surface area contributed by atoms with Crippen molar-refractivity contribution in [2.24, 2.45) is 5.92 Å². The Hall–Kier alpha value is -1.46. The van der Waals surface area contributed by atoms with Crippen LogP contribution in [0.15, 0.2) is 12.1 Å². The predicted molar refractivity (Wildman–Crippen MR) is 104 cm³/mol. The van der Waals surface area contributed by atoms with Crippen LogP contribution in [0.4, 0.5) is 0 Å². The Bertz CT molecular complexity index is 577. The molecule has 0 aromatic heterocycles. The molecule has 1 aromatic carbocycles. The molecule has 1 aliphatic heterocycles. The van der Waals surface area contributed by atoms with E-state index < -0.39 is 0 Å². The van der Waals surface area contributed by atoms with Gasteiger partial charge in [0.25, 0.3) is 0 Å². The molecule has 146 valence electrons. The van der Waals surface area contributed by atoms with E-state index in [1.165, 1.54) is 38.8 Å². The lowest BCUT2D eigenvalue weighted by atomic mass is 9.86. The van der Waals surface area contributed by atoms with Gasteiger partial charge in [0.1, 0.15) is 0 Å². The van der Waals surface area contributed by atoms with E-state index in [0.717, 1.165) is 42.9 Å². The smallest absolute Gasteiger partial charge is 0.203 e. The molecule has 0 unspecified atom stereocenters. The molecule has 1 saturated heterocycles. The number of hydrogen-bond acceptors (Lipinski definition) is 5. The number of benzene rings is 1. The summed E-state index contributed by atoms with van der Waals surface area (Å²) >= 11 is 0. The number of hydrogen-bond donors (Lipinski definition) is 0. The fraction of sp³-hybridized carbons (Fsp3) is 0.714. The lowest BCUT2D eigenvalue weighted by Gasteiger charge is -2.41. The third kappa shape index (κ3) is 4.26. The Balaban J connectivity index is 1.59. The topological polar surface area (TPSA) is 34.2 Å². The van der Waals surface area contributed by atoms with Gasteiger partial charge in [-0.1, -0.05) is 13.0 Å². The Morgan fingerprint density at radius 2 is 1.50 bits per heavy atom. The van der Waals surface area contributed by atoms with Crippen molar-refractivity contribution in [3.05, 3.63) is 17.7 Å². The molecule has 0 N–H and O–H groups in total. The summed E-state index contributed by atoms with van der Waals surface area (Å²) in [5.41, 5.74) is 1.16. The molecule has 0 amide bonds. The third-order valence-corrected chi connectivity index (χ3v) is 6.09. The minimum atomic E-state index is 0.683. The van der Waals surface area contributed by atoms with Gasteiger partial charge < -0.3 is 14.2 Å². The molecule has 1 saturated carbocycles. The first-order chi connectivity index (χ1) is 12.7. The van der Waals surface area contributed by atoms with Crippen LogP contribution in [0.5, 0.6) is 17.2 Å². The molecular weight excluding hydrogens is 328 g/mol. The molecule has 1 aliphatic carbocycles. The number of rotatable bonds is 6. The Labute approximate surface area is 158 Å². The summed E-state index contributed by atoms with van der Waals surface area (Å²) < 4.78 is 16.5. The van der Waals surface area contributed by atoms with Gasteiger partial charge in [-0.2, -0.15) is 0 Å². The fourth-order valence-electron chi connectivity index (χ4n) is 4.42. The molecule has 0 radical (unpaired) electrons. The van der Waals surface area contributed by atoms with Crippen molar-refractivity contribution >= 4 is 0 Å². The summed E-state index contributed by atoms with van der Waals surface area (Å²) in [6, 6.07) is 4.87. The van der Waals surface area contributed by atoms with Crippen LogP contribution in [-0.2, 0) is 6.54 Å². The van der Waals surface area contributed by atoms with Crippen molar-refractivity contribution in [3.8, 4) is 17.2 Å². The molecule has 5 nitrogen and oxygen atoms in total. The van der Waals surface area contributed by atoms with Gasteiger partial charge in [0.05, 0.1) is 21.3 Å². The number of nitrogens with zero attached hydrogens (tertiary/aromatic N) is 2. The van der Waals surface area contributed by atoms with Crippen LogP contribution < -0.4 is 14.2 Å². The first-order valence-corrected chi connectivity index (χ1v) is 9.90. The van der Waals surface area contributed by atoms with Gasteiger partial charge in [-0.25, -0.2) is 0 Å². The molecule has 26 heavy (non-hydrogen) atoms. The van der Waals surface area contributed by atoms with Gasteiger partial charge in [-0.3, -0.25) is 9.80 Å². The molecule has 5 heteroatoms. The van der Waals surface area contributed by atoms with E-state index in [2.05, 4.69) is 22.8 Å². The zero-order valence-electron chi connectivity index (χ0n) is 16.8. The summed E-state index contributed by atoms with van der Waals surface area (Å²) in [6.07, 6.45) is 5.55. The molecule has 2 fully saturated rings. The lowest BCUT2D eigenvalue weighted by molar-refractivity contribution is 0.0685. The van der Waals surface area contributed by atoms with Crippen LogP contribution in [0.25, 0.3) is 0 Å². The minimum Gasteiger partial charge on any atom is -0.493 e. The highest BCUT2D eigenvalue weighted by molar-refractivity contribution is 5.55. The van der Waals surface area contributed by atoms with Crippen LogP contribution in [-0.4, -0.2) is 63.4 Å². The number of methoxy groups -OCH3 is 3. The molecule has 2 aliphatic rings. The van der Waals surface area contributed by atoms with Gasteiger partial charge in [0.2, 0.25) is 5.75 Å². The van der Waals surface area contributed by atoms with Gasteiger partial charge in [-0.05, 0) is 37.7 Å². The van der Waals surface area contributed by atoms with Crippen molar-refractivity contribution < 1.29 is 14.2 Å². The van der Waals surface area contributed by atoms with Gasteiger partial charge in [0.15, 0.2) is 11.5 Å². The minimum absolute atomic E-state index is 0.683. The van der Waals surface area contributed by atoms with Crippen LogP contribution in [0.3, 0.4) is 0 Å². The average molecular weight is 363 g/mol. The predicted octanol–water partition coefficient (Wildman–Crippen LogP) is 3.41. The van der Waals surface area contributed by atoms with Crippen molar-refractivity contribution in [2.75, 3.05) is 47.5 Å². The summed E-state index contributed by atoms with van der Waals surface area (Å²) in [6.45, 7) is 7.86. The molecular formula is C21H34N2O3. The second-order valence-electron chi connectivity index (χ2n) is 7.72. The van der Waals surface area contributed by atoms with Crippen molar-refractivity contribution in [2.45, 2.75) is 45.2 Å². The third-order valence-electron chi connectivity index (χ3n) is 6.09. The average Bonchev–Trinajstić information content (AvgIpc) is 2.68. The fourth-order valence-corrected chi connectivity index (χ4v) is 4.42. The Morgan fingerprint density at radius 3 is 2.08 bits per heavy atom. The molecule has 0 bridgehead atoms. The molecule has 3 rings (SSSR count). The Morgan fingerprint density at radius 1 is 0.846 bits per heavy atom. The summed E-state index contributed by atoms with van der Waals surface area (Å²) in [7, 11) is 5.01.